The molecule has 1 aliphatic carbocycles. The Morgan fingerprint density at radius 3 is 2.06 bits per heavy atom. The minimum Gasteiger partial charge on any atom is -0.492 e. The first-order valence-corrected chi connectivity index (χ1v) is 14.0. The van der Waals surface area contributed by atoms with Crippen LogP contribution in [-0.2, 0) is 6.42 Å². The molecule has 0 spiro atoms. The topological polar surface area (TPSA) is 22.1 Å². The minimum atomic E-state index is 0.794. The summed E-state index contributed by atoms with van der Waals surface area (Å²) < 4.78 is 5.88. The monoisotopic (exact) mass is 449 g/mol. The number of aryl methyl sites for hydroxylation is 1. The van der Waals surface area contributed by atoms with Crippen molar-refractivity contribution in [1.82, 2.24) is 4.98 Å². The summed E-state index contributed by atoms with van der Waals surface area (Å²) in [4.78, 5) is 4.64. The summed E-state index contributed by atoms with van der Waals surface area (Å²) in [5, 5.41) is 0. The summed E-state index contributed by atoms with van der Waals surface area (Å²) in [6, 6.07) is 13.2. The molecule has 1 aromatic heterocycles. The van der Waals surface area contributed by atoms with Gasteiger partial charge >= 0.3 is 0 Å². The van der Waals surface area contributed by atoms with Crippen LogP contribution in [-0.4, -0.2) is 11.6 Å². The highest BCUT2D eigenvalue weighted by Gasteiger charge is 2.20. The molecule has 1 aromatic carbocycles. The Hall–Kier alpha value is -1.83. The van der Waals surface area contributed by atoms with Crippen molar-refractivity contribution in [3.05, 3.63) is 48.2 Å². The molecule has 0 bridgehead atoms. The maximum Gasteiger partial charge on any atom is 0.137 e. The Labute approximate surface area is 203 Å². The first-order chi connectivity index (χ1) is 16.3. The van der Waals surface area contributed by atoms with Crippen molar-refractivity contribution < 1.29 is 4.74 Å². The zero-order valence-corrected chi connectivity index (χ0v) is 21.4. The van der Waals surface area contributed by atoms with Crippen molar-refractivity contribution in [3.8, 4) is 17.0 Å². The zero-order chi connectivity index (χ0) is 23.1. The molecule has 0 saturated heterocycles. The van der Waals surface area contributed by atoms with Gasteiger partial charge in [0.05, 0.1) is 18.5 Å². The van der Waals surface area contributed by atoms with E-state index in [4.69, 9.17) is 4.74 Å². The molecule has 33 heavy (non-hydrogen) atoms. The number of hydrogen-bond donors (Lipinski definition) is 0. The molecule has 0 N–H and O–H groups in total. The van der Waals surface area contributed by atoms with Gasteiger partial charge in [0.2, 0.25) is 0 Å². The third-order valence-electron chi connectivity index (χ3n) is 7.53. The van der Waals surface area contributed by atoms with E-state index in [9.17, 15) is 0 Å². The van der Waals surface area contributed by atoms with E-state index in [0.717, 1.165) is 36.3 Å². The van der Waals surface area contributed by atoms with Crippen LogP contribution in [0.3, 0.4) is 0 Å². The van der Waals surface area contributed by atoms with Crippen LogP contribution in [0.5, 0.6) is 5.75 Å². The number of aromatic nitrogens is 1. The molecular weight excluding hydrogens is 402 g/mol. The molecule has 1 heterocycles. The molecule has 1 fully saturated rings. The molecule has 182 valence electrons. The standard InChI is InChI=1S/C31H47NO/c1-3-5-7-8-9-10-24-33-30-22-23-31(32-25-30)29-20-18-28(19-21-29)17-16-27-14-12-26(13-15-27)11-6-4-2/h18-23,25-27H,3-17,24H2,1-2H3. The molecule has 0 aliphatic heterocycles. The van der Waals surface area contributed by atoms with E-state index in [1.807, 2.05) is 6.20 Å². The van der Waals surface area contributed by atoms with Crippen molar-refractivity contribution in [1.29, 1.82) is 0 Å². The number of hydrogen-bond acceptors (Lipinski definition) is 2. The SMILES string of the molecule is CCCCCCCCOc1ccc(-c2ccc(CCC3CCC(CCCC)CC3)cc2)nc1. The van der Waals surface area contributed by atoms with Gasteiger partial charge in [-0.15, -0.1) is 0 Å². The summed E-state index contributed by atoms with van der Waals surface area (Å²) in [5.41, 5.74) is 3.68. The fourth-order valence-electron chi connectivity index (χ4n) is 5.22. The Balaban J connectivity index is 1.35. The lowest BCUT2D eigenvalue weighted by atomic mass is 9.78. The van der Waals surface area contributed by atoms with E-state index < -0.39 is 0 Å². The van der Waals surface area contributed by atoms with Crippen molar-refractivity contribution >= 4 is 0 Å². The molecule has 0 unspecified atom stereocenters. The average Bonchev–Trinajstić information content (AvgIpc) is 2.87. The summed E-state index contributed by atoms with van der Waals surface area (Å²) in [5.74, 6) is 2.83. The molecular formula is C31H47NO. The van der Waals surface area contributed by atoms with Crippen LogP contribution >= 0.6 is 0 Å². The number of rotatable bonds is 15. The van der Waals surface area contributed by atoms with Crippen molar-refractivity contribution in [2.75, 3.05) is 6.61 Å². The molecule has 2 heteroatoms. The largest absolute Gasteiger partial charge is 0.492 e. The highest BCUT2D eigenvalue weighted by atomic mass is 16.5. The van der Waals surface area contributed by atoms with Gasteiger partial charge in [0.15, 0.2) is 0 Å². The summed E-state index contributed by atoms with van der Waals surface area (Å²) >= 11 is 0. The average molecular weight is 450 g/mol. The number of nitrogens with zero attached hydrogens (tertiary/aromatic N) is 1. The van der Waals surface area contributed by atoms with E-state index >= 15 is 0 Å². The lowest BCUT2D eigenvalue weighted by molar-refractivity contribution is 0.250. The van der Waals surface area contributed by atoms with Crippen LogP contribution in [0.2, 0.25) is 0 Å². The van der Waals surface area contributed by atoms with E-state index in [1.54, 1.807) is 0 Å². The predicted octanol–water partition coefficient (Wildman–Crippen LogP) is 9.42. The van der Waals surface area contributed by atoms with Gasteiger partial charge in [-0.25, -0.2) is 0 Å². The van der Waals surface area contributed by atoms with Crippen LogP contribution < -0.4 is 4.74 Å². The molecule has 3 rings (SSSR count). The van der Waals surface area contributed by atoms with Gasteiger partial charge in [-0.2, -0.15) is 0 Å². The van der Waals surface area contributed by atoms with E-state index in [-0.39, 0.29) is 0 Å². The lowest BCUT2D eigenvalue weighted by Gasteiger charge is -2.28. The Morgan fingerprint density at radius 2 is 1.39 bits per heavy atom. The maximum absolute atomic E-state index is 5.88. The predicted molar refractivity (Wildman–Crippen MR) is 142 cm³/mol. The zero-order valence-electron chi connectivity index (χ0n) is 21.4. The van der Waals surface area contributed by atoms with Crippen LogP contribution in [0.1, 0.15) is 109 Å². The molecule has 0 amide bonds. The van der Waals surface area contributed by atoms with E-state index in [1.165, 1.54) is 101 Å². The van der Waals surface area contributed by atoms with Gasteiger partial charge in [0.1, 0.15) is 5.75 Å². The third kappa shape index (κ3) is 9.51. The minimum absolute atomic E-state index is 0.794. The Kier molecular flexibility index (Phi) is 11.8. The second kappa shape index (κ2) is 15.1. The fraction of sp³-hybridized carbons (Fsp3) is 0.645. The van der Waals surface area contributed by atoms with Gasteiger partial charge in [-0.05, 0) is 48.8 Å². The normalized spacial score (nSPS) is 18.4. The number of ether oxygens (including phenoxy) is 1. The summed E-state index contributed by atoms with van der Waals surface area (Å²) in [7, 11) is 0. The highest BCUT2D eigenvalue weighted by molar-refractivity contribution is 5.59. The van der Waals surface area contributed by atoms with Crippen molar-refractivity contribution in [3.63, 3.8) is 0 Å². The van der Waals surface area contributed by atoms with Gasteiger partial charge in [0.25, 0.3) is 0 Å². The van der Waals surface area contributed by atoms with E-state index in [0.29, 0.717) is 0 Å². The van der Waals surface area contributed by atoms with Gasteiger partial charge < -0.3 is 4.74 Å². The van der Waals surface area contributed by atoms with Crippen molar-refractivity contribution in [2.45, 2.75) is 110 Å². The molecule has 1 aliphatic rings. The second-order valence-corrected chi connectivity index (χ2v) is 10.3. The second-order valence-electron chi connectivity index (χ2n) is 10.3. The summed E-state index contributed by atoms with van der Waals surface area (Å²) in [6.45, 7) is 5.37. The maximum atomic E-state index is 5.88. The molecule has 0 atom stereocenters. The Morgan fingerprint density at radius 1 is 0.727 bits per heavy atom. The van der Waals surface area contributed by atoms with Crippen LogP contribution in [0.4, 0.5) is 0 Å². The Bertz CT molecular complexity index is 743. The van der Waals surface area contributed by atoms with Crippen LogP contribution in [0.15, 0.2) is 42.6 Å². The quantitative estimate of drug-likeness (QED) is 0.253. The smallest absolute Gasteiger partial charge is 0.137 e. The number of unbranched alkanes of at least 4 members (excludes halogenated alkanes) is 6. The van der Waals surface area contributed by atoms with Gasteiger partial charge in [-0.3, -0.25) is 4.98 Å². The fourth-order valence-corrected chi connectivity index (χ4v) is 5.22. The van der Waals surface area contributed by atoms with Crippen molar-refractivity contribution in [2.24, 2.45) is 11.8 Å². The number of pyridine rings is 1. The number of benzene rings is 1. The molecule has 2 aromatic rings. The molecule has 1 saturated carbocycles. The van der Waals surface area contributed by atoms with E-state index in [2.05, 4.69) is 55.2 Å². The molecule has 0 radical (unpaired) electrons. The van der Waals surface area contributed by atoms with Gasteiger partial charge in [0, 0.05) is 5.56 Å². The first-order valence-electron chi connectivity index (χ1n) is 14.0. The first kappa shape index (κ1) is 25.8. The van der Waals surface area contributed by atoms with Crippen LogP contribution in [0.25, 0.3) is 11.3 Å². The lowest BCUT2D eigenvalue weighted by Crippen LogP contribution is -2.15. The third-order valence-corrected chi connectivity index (χ3v) is 7.53. The summed E-state index contributed by atoms with van der Waals surface area (Å²) in [6.07, 6.45) is 22.2. The highest BCUT2D eigenvalue weighted by Crippen LogP contribution is 2.34. The van der Waals surface area contributed by atoms with Crippen LogP contribution in [0, 0.1) is 11.8 Å². The molecule has 2 nitrogen and oxygen atoms in total. The van der Waals surface area contributed by atoms with Gasteiger partial charge in [-0.1, -0.05) is 115 Å².